The second-order valence-corrected chi connectivity index (χ2v) is 5.75. The van der Waals surface area contributed by atoms with Crippen LogP contribution in [0.1, 0.15) is 38.3 Å². The number of rotatable bonds is 5. The van der Waals surface area contributed by atoms with E-state index in [0.717, 1.165) is 25.3 Å². The molecule has 0 amide bonds. The van der Waals surface area contributed by atoms with E-state index in [9.17, 15) is 0 Å². The summed E-state index contributed by atoms with van der Waals surface area (Å²) in [7, 11) is 1.96. The average Bonchev–Trinajstić information content (AvgIpc) is 2.21. The third kappa shape index (κ3) is 4.78. The quantitative estimate of drug-likeness (QED) is 0.843. The third-order valence-corrected chi connectivity index (χ3v) is 2.76. The first kappa shape index (κ1) is 14.0. The molecule has 0 fully saturated rings. The van der Waals surface area contributed by atoms with Crippen LogP contribution in [-0.2, 0) is 6.54 Å². The van der Waals surface area contributed by atoms with E-state index in [1.54, 1.807) is 0 Å². The Morgan fingerprint density at radius 1 is 1.24 bits per heavy atom. The largest absolute Gasteiger partial charge is 0.493 e. The van der Waals surface area contributed by atoms with Crippen LogP contribution in [0.5, 0.6) is 5.75 Å². The van der Waals surface area contributed by atoms with Crippen molar-refractivity contribution < 1.29 is 4.74 Å². The van der Waals surface area contributed by atoms with Gasteiger partial charge in [0.25, 0.3) is 0 Å². The summed E-state index contributed by atoms with van der Waals surface area (Å²) in [6.45, 7) is 10.5. The van der Waals surface area contributed by atoms with Crippen molar-refractivity contribution in [2.24, 2.45) is 5.41 Å². The fourth-order valence-corrected chi connectivity index (χ4v) is 1.71. The lowest BCUT2D eigenvalue weighted by Gasteiger charge is -2.20. The Kier molecular flexibility index (Phi) is 5.01. The molecule has 17 heavy (non-hydrogen) atoms. The molecule has 0 aromatic heterocycles. The molecule has 1 N–H and O–H groups in total. The minimum Gasteiger partial charge on any atom is -0.493 e. The molecule has 0 aliphatic carbocycles. The highest BCUT2D eigenvalue weighted by molar-refractivity contribution is 5.40. The molecule has 1 aromatic rings. The topological polar surface area (TPSA) is 21.3 Å². The monoisotopic (exact) mass is 235 g/mol. The first-order valence-electron chi connectivity index (χ1n) is 6.30. The molecule has 0 atom stereocenters. The van der Waals surface area contributed by atoms with Gasteiger partial charge in [-0.05, 0) is 31.4 Å². The lowest BCUT2D eigenvalue weighted by Crippen LogP contribution is -2.13. The third-order valence-electron chi connectivity index (χ3n) is 2.76. The second-order valence-electron chi connectivity index (χ2n) is 5.75. The molecule has 0 aliphatic rings. The maximum atomic E-state index is 5.96. The molecule has 0 heterocycles. The molecular weight excluding hydrogens is 210 g/mol. The molecule has 0 bridgehead atoms. The molecule has 0 unspecified atom stereocenters. The maximum absolute atomic E-state index is 5.96. The summed E-state index contributed by atoms with van der Waals surface area (Å²) >= 11 is 0. The molecule has 0 saturated carbocycles. The summed E-state index contributed by atoms with van der Waals surface area (Å²) < 4.78 is 5.96. The molecule has 0 saturated heterocycles. The highest BCUT2D eigenvalue weighted by Gasteiger charge is 2.12. The lowest BCUT2D eigenvalue weighted by molar-refractivity contribution is 0.240. The van der Waals surface area contributed by atoms with Gasteiger partial charge in [-0.15, -0.1) is 0 Å². The van der Waals surface area contributed by atoms with Crippen molar-refractivity contribution in [1.29, 1.82) is 0 Å². The van der Waals surface area contributed by atoms with E-state index in [2.05, 4.69) is 51.2 Å². The molecule has 2 heteroatoms. The summed E-state index contributed by atoms with van der Waals surface area (Å²) in [4.78, 5) is 0. The number of ether oxygens (including phenoxy) is 1. The molecule has 0 aliphatic heterocycles. The van der Waals surface area contributed by atoms with E-state index in [0.29, 0.717) is 5.41 Å². The van der Waals surface area contributed by atoms with E-state index >= 15 is 0 Å². The van der Waals surface area contributed by atoms with E-state index in [1.807, 2.05) is 7.05 Å². The zero-order valence-electron chi connectivity index (χ0n) is 11.8. The van der Waals surface area contributed by atoms with Crippen LogP contribution >= 0.6 is 0 Å². The van der Waals surface area contributed by atoms with Gasteiger partial charge >= 0.3 is 0 Å². The SMILES string of the molecule is CNCc1cccc(C)c1OCCC(C)(C)C. The number of para-hydroxylation sites is 1. The lowest BCUT2D eigenvalue weighted by atomic mass is 9.93. The van der Waals surface area contributed by atoms with E-state index < -0.39 is 0 Å². The van der Waals surface area contributed by atoms with Crippen LogP contribution in [0.3, 0.4) is 0 Å². The van der Waals surface area contributed by atoms with Crippen LogP contribution in [0.2, 0.25) is 0 Å². The highest BCUT2D eigenvalue weighted by Crippen LogP contribution is 2.25. The van der Waals surface area contributed by atoms with Gasteiger partial charge in [0, 0.05) is 12.1 Å². The Morgan fingerprint density at radius 3 is 2.53 bits per heavy atom. The van der Waals surface area contributed by atoms with Gasteiger partial charge in [-0.2, -0.15) is 0 Å². The van der Waals surface area contributed by atoms with Gasteiger partial charge in [0.2, 0.25) is 0 Å². The molecule has 2 nitrogen and oxygen atoms in total. The fourth-order valence-electron chi connectivity index (χ4n) is 1.71. The minimum atomic E-state index is 0.325. The zero-order chi connectivity index (χ0) is 12.9. The van der Waals surface area contributed by atoms with Gasteiger partial charge in [-0.1, -0.05) is 39.0 Å². The highest BCUT2D eigenvalue weighted by atomic mass is 16.5. The van der Waals surface area contributed by atoms with Crippen LogP contribution in [0.15, 0.2) is 18.2 Å². The molecule has 0 radical (unpaired) electrons. The van der Waals surface area contributed by atoms with Crippen molar-refractivity contribution in [3.05, 3.63) is 29.3 Å². The number of aryl methyl sites for hydroxylation is 1. The number of hydrogen-bond acceptors (Lipinski definition) is 2. The summed E-state index contributed by atoms with van der Waals surface area (Å²) in [5, 5.41) is 3.18. The summed E-state index contributed by atoms with van der Waals surface area (Å²) in [5.74, 6) is 1.05. The Morgan fingerprint density at radius 2 is 1.94 bits per heavy atom. The van der Waals surface area contributed by atoms with Crippen LogP contribution in [0.4, 0.5) is 0 Å². The minimum absolute atomic E-state index is 0.325. The summed E-state index contributed by atoms with van der Waals surface area (Å²) in [6, 6.07) is 6.31. The van der Waals surface area contributed by atoms with Gasteiger partial charge in [0.05, 0.1) is 6.61 Å². The molecule has 1 aromatic carbocycles. The Labute approximate surface area is 105 Å². The Balaban J connectivity index is 2.68. The van der Waals surface area contributed by atoms with Crippen molar-refractivity contribution in [2.75, 3.05) is 13.7 Å². The predicted octanol–water partition coefficient (Wildman–Crippen LogP) is 3.53. The van der Waals surface area contributed by atoms with Crippen molar-refractivity contribution in [3.8, 4) is 5.75 Å². The zero-order valence-corrected chi connectivity index (χ0v) is 11.8. The molecular formula is C15H25NO. The Hall–Kier alpha value is -1.02. The first-order valence-corrected chi connectivity index (χ1v) is 6.30. The van der Waals surface area contributed by atoms with E-state index in [1.165, 1.54) is 11.1 Å². The van der Waals surface area contributed by atoms with Gasteiger partial charge < -0.3 is 10.1 Å². The summed E-state index contributed by atoms with van der Waals surface area (Å²) in [6.07, 6.45) is 1.07. The number of benzene rings is 1. The van der Waals surface area contributed by atoms with Crippen LogP contribution in [0, 0.1) is 12.3 Å². The van der Waals surface area contributed by atoms with Crippen LogP contribution in [-0.4, -0.2) is 13.7 Å². The molecule has 96 valence electrons. The summed E-state index contributed by atoms with van der Waals surface area (Å²) in [5.41, 5.74) is 2.78. The van der Waals surface area contributed by atoms with Gasteiger partial charge in [-0.25, -0.2) is 0 Å². The standard InChI is InChI=1S/C15H25NO/c1-12-7-6-8-13(11-16-5)14(12)17-10-9-15(2,3)4/h6-8,16H,9-11H2,1-5H3. The number of hydrogen-bond donors (Lipinski definition) is 1. The van der Waals surface area contributed by atoms with Crippen molar-refractivity contribution >= 4 is 0 Å². The number of nitrogens with one attached hydrogen (secondary N) is 1. The van der Waals surface area contributed by atoms with Crippen molar-refractivity contribution in [3.63, 3.8) is 0 Å². The Bertz CT molecular complexity index is 352. The maximum Gasteiger partial charge on any atom is 0.126 e. The first-order chi connectivity index (χ1) is 7.94. The molecule has 0 spiro atoms. The van der Waals surface area contributed by atoms with Crippen LogP contribution in [0.25, 0.3) is 0 Å². The van der Waals surface area contributed by atoms with Gasteiger partial charge in [-0.3, -0.25) is 0 Å². The smallest absolute Gasteiger partial charge is 0.126 e. The van der Waals surface area contributed by atoms with Crippen molar-refractivity contribution in [2.45, 2.75) is 40.7 Å². The van der Waals surface area contributed by atoms with Gasteiger partial charge in [0.15, 0.2) is 0 Å². The van der Waals surface area contributed by atoms with Crippen molar-refractivity contribution in [1.82, 2.24) is 5.32 Å². The average molecular weight is 235 g/mol. The van der Waals surface area contributed by atoms with E-state index in [-0.39, 0.29) is 0 Å². The molecule has 1 rings (SSSR count). The second kappa shape index (κ2) is 6.06. The van der Waals surface area contributed by atoms with Gasteiger partial charge in [0.1, 0.15) is 5.75 Å². The van der Waals surface area contributed by atoms with Crippen LogP contribution < -0.4 is 10.1 Å². The normalized spacial score (nSPS) is 11.6. The fraction of sp³-hybridized carbons (Fsp3) is 0.600. The predicted molar refractivity (Wildman–Crippen MR) is 73.5 cm³/mol. The van der Waals surface area contributed by atoms with E-state index in [4.69, 9.17) is 4.74 Å².